The van der Waals surface area contributed by atoms with E-state index >= 15 is 0 Å². The van der Waals surface area contributed by atoms with Crippen molar-refractivity contribution in [2.75, 3.05) is 11.1 Å². The summed E-state index contributed by atoms with van der Waals surface area (Å²) < 4.78 is 1.70. The van der Waals surface area contributed by atoms with Crippen LogP contribution < -0.4 is 11.1 Å². The predicted molar refractivity (Wildman–Crippen MR) is 115 cm³/mol. The zero-order chi connectivity index (χ0) is 20.1. The molecule has 0 aliphatic carbocycles. The van der Waals surface area contributed by atoms with Gasteiger partial charge in [0.15, 0.2) is 5.16 Å². The second-order valence-electron chi connectivity index (χ2n) is 6.36. The zero-order valence-electron chi connectivity index (χ0n) is 15.7. The number of carbonyl (C=O) groups is 1. The van der Waals surface area contributed by atoms with Gasteiger partial charge in [-0.05, 0) is 36.6 Å². The molecular formula is C20H22ClN5OS. The Morgan fingerprint density at radius 1 is 1.25 bits per heavy atom. The van der Waals surface area contributed by atoms with Gasteiger partial charge in [0.1, 0.15) is 6.04 Å². The van der Waals surface area contributed by atoms with Crippen molar-refractivity contribution in [3.05, 3.63) is 64.7 Å². The summed E-state index contributed by atoms with van der Waals surface area (Å²) in [5, 5.41) is 12.3. The fraction of sp³-hybridized carbons (Fsp3) is 0.250. The molecule has 0 saturated carbocycles. The van der Waals surface area contributed by atoms with Crippen LogP contribution in [-0.4, -0.2) is 20.7 Å². The van der Waals surface area contributed by atoms with Crippen molar-refractivity contribution in [3.63, 3.8) is 0 Å². The lowest BCUT2D eigenvalue weighted by Crippen LogP contribution is -2.27. The van der Waals surface area contributed by atoms with Crippen LogP contribution in [0.25, 0.3) is 0 Å². The van der Waals surface area contributed by atoms with E-state index in [1.165, 1.54) is 11.8 Å². The minimum atomic E-state index is -0.522. The third kappa shape index (κ3) is 4.66. The van der Waals surface area contributed by atoms with Gasteiger partial charge in [-0.3, -0.25) is 9.36 Å². The normalized spacial score (nSPS) is 12.0. The largest absolute Gasteiger partial charge is 0.368 e. The number of hydrogen-bond donors (Lipinski definition) is 2. The van der Waals surface area contributed by atoms with Gasteiger partial charge in [0.25, 0.3) is 0 Å². The first-order valence-corrected chi connectivity index (χ1v) is 10.3. The predicted octanol–water partition coefficient (Wildman–Crippen LogP) is 4.70. The molecule has 3 aromatic rings. The number of nitrogens with one attached hydrogen (secondary N) is 1. The number of benzene rings is 2. The fourth-order valence-electron chi connectivity index (χ4n) is 2.83. The first-order valence-electron chi connectivity index (χ1n) is 8.93. The van der Waals surface area contributed by atoms with Gasteiger partial charge in [0.2, 0.25) is 11.9 Å². The first-order chi connectivity index (χ1) is 13.5. The van der Waals surface area contributed by atoms with Crippen LogP contribution in [-0.2, 0) is 10.5 Å². The summed E-state index contributed by atoms with van der Waals surface area (Å²) in [6, 6.07) is 14.9. The number of thioether (sulfide) groups is 1. The highest BCUT2D eigenvalue weighted by atomic mass is 35.5. The number of nitrogens with two attached hydrogens (primary N) is 1. The minimum Gasteiger partial charge on any atom is -0.368 e. The van der Waals surface area contributed by atoms with Gasteiger partial charge in [0.05, 0.1) is 0 Å². The second-order valence-corrected chi connectivity index (χ2v) is 7.74. The van der Waals surface area contributed by atoms with E-state index in [9.17, 15) is 4.79 Å². The molecule has 8 heteroatoms. The van der Waals surface area contributed by atoms with Crippen molar-refractivity contribution in [1.29, 1.82) is 0 Å². The summed E-state index contributed by atoms with van der Waals surface area (Å²) in [5.74, 6) is 0.756. The average Bonchev–Trinajstić information content (AvgIpc) is 3.05. The Morgan fingerprint density at radius 2 is 2.00 bits per heavy atom. The molecule has 6 nitrogen and oxygen atoms in total. The molecule has 28 heavy (non-hydrogen) atoms. The van der Waals surface area contributed by atoms with Crippen LogP contribution in [0.3, 0.4) is 0 Å². The van der Waals surface area contributed by atoms with Crippen LogP contribution in [0.4, 0.5) is 11.6 Å². The van der Waals surface area contributed by atoms with Crippen LogP contribution in [0.2, 0.25) is 5.02 Å². The molecule has 3 N–H and O–H groups in total. The van der Waals surface area contributed by atoms with Gasteiger partial charge in [-0.1, -0.05) is 66.7 Å². The van der Waals surface area contributed by atoms with E-state index in [-0.39, 0.29) is 11.9 Å². The molecule has 2 aromatic carbocycles. The molecule has 1 unspecified atom stereocenters. The standard InChI is InChI=1S/C20H22ClN5OS/c1-3-17(18(27)23-16-11-15(21)10-9-13(16)2)26-19(22)24-25-20(26)28-12-14-7-5-4-6-8-14/h4-11,17H,3,12H2,1-2H3,(H2,22,24)(H,23,27). The number of hydrogen-bond acceptors (Lipinski definition) is 5. The quantitative estimate of drug-likeness (QED) is 0.546. The van der Waals surface area contributed by atoms with Gasteiger partial charge in [0, 0.05) is 16.5 Å². The number of aryl methyl sites for hydroxylation is 1. The lowest BCUT2D eigenvalue weighted by molar-refractivity contribution is -0.119. The van der Waals surface area contributed by atoms with Crippen LogP contribution >= 0.6 is 23.4 Å². The first kappa shape index (κ1) is 20.2. The summed E-state index contributed by atoms with van der Waals surface area (Å²) in [4.78, 5) is 13.0. The second kappa shape index (κ2) is 9.12. The van der Waals surface area contributed by atoms with Crippen molar-refractivity contribution >= 4 is 40.9 Å². The molecule has 1 atom stereocenters. The highest BCUT2D eigenvalue weighted by molar-refractivity contribution is 7.98. The molecule has 0 bridgehead atoms. The van der Waals surface area contributed by atoms with E-state index in [4.69, 9.17) is 17.3 Å². The van der Waals surface area contributed by atoms with E-state index in [0.717, 1.165) is 11.1 Å². The van der Waals surface area contributed by atoms with Crippen LogP contribution in [0.15, 0.2) is 53.7 Å². The van der Waals surface area contributed by atoms with Crippen molar-refractivity contribution < 1.29 is 4.79 Å². The topological polar surface area (TPSA) is 85.8 Å². The van der Waals surface area contributed by atoms with E-state index in [2.05, 4.69) is 15.5 Å². The van der Waals surface area contributed by atoms with Gasteiger partial charge in [-0.2, -0.15) is 0 Å². The van der Waals surface area contributed by atoms with Gasteiger partial charge >= 0.3 is 0 Å². The fourth-order valence-corrected chi connectivity index (χ4v) is 3.95. The Labute approximate surface area is 173 Å². The third-order valence-corrected chi connectivity index (χ3v) is 5.61. The molecule has 0 aliphatic rings. The molecule has 0 fully saturated rings. The number of anilines is 2. The summed E-state index contributed by atoms with van der Waals surface area (Å²) >= 11 is 7.57. The maximum absolute atomic E-state index is 13.0. The van der Waals surface area contributed by atoms with Crippen molar-refractivity contribution in [2.45, 2.75) is 37.2 Å². The van der Waals surface area contributed by atoms with Crippen molar-refractivity contribution in [3.8, 4) is 0 Å². The molecule has 0 radical (unpaired) electrons. The maximum Gasteiger partial charge on any atom is 0.247 e. The minimum absolute atomic E-state index is 0.180. The molecule has 0 aliphatic heterocycles. The SMILES string of the molecule is CCC(C(=O)Nc1cc(Cl)ccc1C)n1c(N)nnc1SCc1ccccc1. The Bertz CT molecular complexity index is 960. The summed E-state index contributed by atoms with van der Waals surface area (Å²) in [5.41, 5.74) is 8.82. The number of amides is 1. The smallest absolute Gasteiger partial charge is 0.247 e. The van der Waals surface area contributed by atoms with Crippen molar-refractivity contribution in [2.24, 2.45) is 0 Å². The third-order valence-electron chi connectivity index (χ3n) is 4.36. The van der Waals surface area contributed by atoms with Gasteiger partial charge in [-0.25, -0.2) is 0 Å². The Kier molecular flexibility index (Phi) is 6.59. The number of rotatable bonds is 7. The number of nitrogen functional groups attached to an aromatic ring is 1. The highest BCUT2D eigenvalue weighted by Crippen LogP contribution is 2.29. The lowest BCUT2D eigenvalue weighted by Gasteiger charge is -2.20. The summed E-state index contributed by atoms with van der Waals surface area (Å²) in [7, 11) is 0. The Morgan fingerprint density at radius 3 is 2.71 bits per heavy atom. The molecule has 0 saturated heterocycles. The Balaban J connectivity index is 1.80. The van der Waals surface area contributed by atoms with Crippen LogP contribution in [0.5, 0.6) is 0 Å². The van der Waals surface area contributed by atoms with E-state index in [1.54, 1.807) is 16.7 Å². The average molecular weight is 416 g/mol. The number of nitrogens with zero attached hydrogens (tertiary/aromatic N) is 3. The molecule has 1 heterocycles. The van der Waals surface area contributed by atoms with E-state index in [0.29, 0.717) is 28.0 Å². The van der Waals surface area contributed by atoms with E-state index < -0.39 is 6.04 Å². The molecule has 146 valence electrons. The van der Waals surface area contributed by atoms with Gasteiger partial charge < -0.3 is 11.1 Å². The number of carbonyl (C=O) groups excluding carboxylic acids is 1. The summed E-state index contributed by atoms with van der Waals surface area (Å²) in [6.45, 7) is 3.85. The summed E-state index contributed by atoms with van der Waals surface area (Å²) in [6.07, 6.45) is 0.548. The Hall–Kier alpha value is -2.51. The zero-order valence-corrected chi connectivity index (χ0v) is 17.3. The molecule has 1 amide bonds. The number of aromatic nitrogens is 3. The van der Waals surface area contributed by atoms with Crippen LogP contribution in [0, 0.1) is 6.92 Å². The molecule has 1 aromatic heterocycles. The lowest BCUT2D eigenvalue weighted by atomic mass is 10.1. The molecular weight excluding hydrogens is 394 g/mol. The van der Waals surface area contributed by atoms with E-state index in [1.807, 2.05) is 50.2 Å². The molecule has 3 rings (SSSR count). The number of halogens is 1. The maximum atomic E-state index is 13.0. The molecule has 0 spiro atoms. The van der Waals surface area contributed by atoms with Gasteiger partial charge in [-0.15, -0.1) is 10.2 Å². The van der Waals surface area contributed by atoms with Crippen molar-refractivity contribution in [1.82, 2.24) is 14.8 Å². The van der Waals surface area contributed by atoms with Crippen LogP contribution in [0.1, 0.15) is 30.5 Å². The monoisotopic (exact) mass is 415 g/mol. The highest BCUT2D eigenvalue weighted by Gasteiger charge is 2.25.